The van der Waals surface area contributed by atoms with Crippen molar-refractivity contribution >= 4 is 32.8 Å². The van der Waals surface area contributed by atoms with Crippen LogP contribution in [0.2, 0.25) is 0 Å². The molecule has 0 saturated carbocycles. The molecule has 0 aromatic heterocycles. The highest BCUT2D eigenvalue weighted by Gasteiger charge is 2.04. The summed E-state index contributed by atoms with van der Waals surface area (Å²) in [5.41, 5.74) is 0.973. The molecule has 0 aliphatic carbocycles. The van der Waals surface area contributed by atoms with Crippen LogP contribution in [-0.2, 0) is 6.54 Å². The summed E-state index contributed by atoms with van der Waals surface area (Å²) in [6.45, 7) is 0.323. The Balaban J connectivity index is 2.46. The first-order chi connectivity index (χ1) is 7.68. The first kappa shape index (κ1) is 11.0. The third-order valence-electron chi connectivity index (χ3n) is 2.39. The smallest absolute Gasteiger partial charge is 0.404 e. The lowest BCUT2D eigenvalue weighted by Gasteiger charge is -2.07. The predicted molar refractivity (Wildman–Crippen MR) is 66.5 cm³/mol. The average molecular weight is 280 g/mol. The Morgan fingerprint density at radius 3 is 2.56 bits per heavy atom. The Labute approximate surface area is 101 Å². The molecule has 0 unspecified atom stereocenters. The van der Waals surface area contributed by atoms with E-state index in [1.807, 2.05) is 36.4 Å². The SMILES string of the molecule is O=C(O)NCc1ccc(Br)c2ccccc12. The number of fused-ring (bicyclic) bond motifs is 1. The molecule has 2 rings (SSSR count). The summed E-state index contributed by atoms with van der Waals surface area (Å²) in [5, 5.41) is 13.1. The zero-order valence-electron chi connectivity index (χ0n) is 8.40. The van der Waals surface area contributed by atoms with Crippen molar-refractivity contribution < 1.29 is 9.90 Å². The van der Waals surface area contributed by atoms with Crippen LogP contribution in [-0.4, -0.2) is 11.2 Å². The fraction of sp³-hybridized carbons (Fsp3) is 0.0833. The fourth-order valence-corrected chi connectivity index (χ4v) is 2.13. The number of rotatable bonds is 2. The summed E-state index contributed by atoms with van der Waals surface area (Å²) in [5.74, 6) is 0. The van der Waals surface area contributed by atoms with Gasteiger partial charge in [-0.25, -0.2) is 4.79 Å². The Morgan fingerprint density at radius 2 is 1.88 bits per heavy atom. The number of hydrogen-bond donors (Lipinski definition) is 2. The first-order valence-corrected chi connectivity index (χ1v) is 5.60. The van der Waals surface area contributed by atoms with Crippen molar-refractivity contribution in [3.8, 4) is 0 Å². The van der Waals surface area contributed by atoms with E-state index in [9.17, 15) is 4.79 Å². The van der Waals surface area contributed by atoms with Crippen LogP contribution in [0.5, 0.6) is 0 Å². The van der Waals surface area contributed by atoms with Crippen molar-refractivity contribution in [3.63, 3.8) is 0 Å². The number of amides is 1. The molecule has 0 saturated heterocycles. The molecule has 2 aromatic carbocycles. The topological polar surface area (TPSA) is 49.3 Å². The third-order valence-corrected chi connectivity index (χ3v) is 3.08. The monoisotopic (exact) mass is 279 g/mol. The zero-order valence-corrected chi connectivity index (χ0v) is 9.99. The lowest BCUT2D eigenvalue weighted by Crippen LogP contribution is -2.20. The molecule has 0 radical (unpaired) electrons. The molecular weight excluding hydrogens is 270 g/mol. The van der Waals surface area contributed by atoms with Crippen molar-refractivity contribution in [3.05, 3.63) is 46.4 Å². The van der Waals surface area contributed by atoms with Crippen LogP contribution in [0.4, 0.5) is 4.79 Å². The number of benzene rings is 2. The highest BCUT2D eigenvalue weighted by Crippen LogP contribution is 2.26. The minimum absolute atomic E-state index is 0.323. The summed E-state index contributed by atoms with van der Waals surface area (Å²) in [4.78, 5) is 10.5. The normalized spacial score (nSPS) is 10.3. The van der Waals surface area contributed by atoms with E-state index < -0.39 is 6.09 Å². The average Bonchev–Trinajstić information content (AvgIpc) is 2.28. The molecule has 82 valence electrons. The predicted octanol–water partition coefficient (Wildman–Crippen LogP) is 3.37. The zero-order chi connectivity index (χ0) is 11.5. The van der Waals surface area contributed by atoms with Crippen molar-refractivity contribution in [2.75, 3.05) is 0 Å². The minimum Gasteiger partial charge on any atom is -0.465 e. The van der Waals surface area contributed by atoms with Gasteiger partial charge in [0.25, 0.3) is 0 Å². The standard InChI is InChI=1S/C12H10BrNO2/c13-11-6-5-8(7-14-12(15)16)9-3-1-2-4-10(9)11/h1-6,14H,7H2,(H,15,16). The van der Waals surface area contributed by atoms with Gasteiger partial charge in [-0.1, -0.05) is 46.3 Å². The van der Waals surface area contributed by atoms with E-state index in [1.165, 1.54) is 0 Å². The summed E-state index contributed by atoms with van der Waals surface area (Å²) >= 11 is 3.47. The molecule has 0 spiro atoms. The van der Waals surface area contributed by atoms with Gasteiger partial charge in [-0.2, -0.15) is 0 Å². The molecule has 0 atom stereocenters. The molecule has 3 nitrogen and oxygen atoms in total. The van der Waals surface area contributed by atoms with E-state index in [4.69, 9.17) is 5.11 Å². The summed E-state index contributed by atoms with van der Waals surface area (Å²) in [7, 11) is 0. The Kier molecular flexibility index (Phi) is 3.10. The maximum Gasteiger partial charge on any atom is 0.404 e. The van der Waals surface area contributed by atoms with Crippen LogP contribution >= 0.6 is 15.9 Å². The molecule has 16 heavy (non-hydrogen) atoms. The van der Waals surface area contributed by atoms with Crippen LogP contribution < -0.4 is 5.32 Å². The molecular formula is C12H10BrNO2. The quantitative estimate of drug-likeness (QED) is 0.886. The van der Waals surface area contributed by atoms with Gasteiger partial charge in [0.2, 0.25) is 0 Å². The van der Waals surface area contributed by atoms with Gasteiger partial charge in [0.15, 0.2) is 0 Å². The molecule has 2 N–H and O–H groups in total. The van der Waals surface area contributed by atoms with Gasteiger partial charge in [-0.15, -0.1) is 0 Å². The third kappa shape index (κ3) is 2.17. The molecule has 0 aliphatic heterocycles. The lowest BCUT2D eigenvalue weighted by atomic mass is 10.0. The number of nitrogens with one attached hydrogen (secondary N) is 1. The van der Waals surface area contributed by atoms with Crippen LogP contribution in [0.1, 0.15) is 5.56 Å². The van der Waals surface area contributed by atoms with E-state index in [2.05, 4.69) is 21.2 Å². The lowest BCUT2D eigenvalue weighted by molar-refractivity contribution is 0.194. The fourth-order valence-electron chi connectivity index (χ4n) is 1.65. The molecule has 0 heterocycles. The highest BCUT2D eigenvalue weighted by atomic mass is 79.9. The van der Waals surface area contributed by atoms with Crippen molar-refractivity contribution in [1.29, 1.82) is 0 Å². The molecule has 0 bridgehead atoms. The van der Waals surface area contributed by atoms with Crippen LogP contribution in [0.25, 0.3) is 10.8 Å². The van der Waals surface area contributed by atoms with Crippen LogP contribution in [0, 0.1) is 0 Å². The first-order valence-electron chi connectivity index (χ1n) is 4.81. The maximum absolute atomic E-state index is 10.5. The molecule has 2 aromatic rings. The minimum atomic E-state index is -1.01. The second-order valence-corrected chi connectivity index (χ2v) is 4.27. The molecule has 0 fully saturated rings. The summed E-state index contributed by atoms with van der Waals surface area (Å²) < 4.78 is 1.02. The highest BCUT2D eigenvalue weighted by molar-refractivity contribution is 9.10. The van der Waals surface area contributed by atoms with Gasteiger partial charge in [-0.3, -0.25) is 0 Å². The van der Waals surface area contributed by atoms with E-state index in [1.54, 1.807) is 0 Å². The van der Waals surface area contributed by atoms with E-state index in [0.29, 0.717) is 6.54 Å². The maximum atomic E-state index is 10.5. The largest absolute Gasteiger partial charge is 0.465 e. The van der Waals surface area contributed by atoms with Gasteiger partial charge in [0.1, 0.15) is 0 Å². The van der Waals surface area contributed by atoms with Crippen molar-refractivity contribution in [2.24, 2.45) is 0 Å². The van der Waals surface area contributed by atoms with Crippen molar-refractivity contribution in [1.82, 2.24) is 5.32 Å². The van der Waals surface area contributed by atoms with Gasteiger partial charge < -0.3 is 10.4 Å². The van der Waals surface area contributed by atoms with Crippen LogP contribution in [0.3, 0.4) is 0 Å². The number of carbonyl (C=O) groups is 1. The van der Waals surface area contributed by atoms with Gasteiger partial charge in [0, 0.05) is 11.0 Å². The molecule has 0 aliphatic rings. The number of carboxylic acid groups (broad SMARTS) is 1. The number of halogens is 1. The van der Waals surface area contributed by atoms with Crippen molar-refractivity contribution in [2.45, 2.75) is 6.54 Å². The Morgan fingerprint density at radius 1 is 1.19 bits per heavy atom. The summed E-state index contributed by atoms with van der Waals surface area (Å²) in [6.07, 6.45) is -1.01. The van der Waals surface area contributed by atoms with Gasteiger partial charge in [0.05, 0.1) is 0 Å². The second-order valence-electron chi connectivity index (χ2n) is 3.41. The Hall–Kier alpha value is -1.55. The van der Waals surface area contributed by atoms with Gasteiger partial charge >= 0.3 is 6.09 Å². The van der Waals surface area contributed by atoms with E-state index in [0.717, 1.165) is 20.8 Å². The summed E-state index contributed by atoms with van der Waals surface area (Å²) in [6, 6.07) is 11.7. The van der Waals surface area contributed by atoms with Crippen LogP contribution in [0.15, 0.2) is 40.9 Å². The molecule has 1 amide bonds. The van der Waals surface area contributed by atoms with Gasteiger partial charge in [-0.05, 0) is 22.4 Å². The molecule has 4 heteroatoms. The van der Waals surface area contributed by atoms with E-state index >= 15 is 0 Å². The second kappa shape index (κ2) is 4.53. The number of hydrogen-bond acceptors (Lipinski definition) is 1. The van der Waals surface area contributed by atoms with E-state index in [-0.39, 0.29) is 0 Å². The Bertz CT molecular complexity index is 540.